The molecule has 2 aliphatic rings. The first-order valence-electron chi connectivity index (χ1n) is 11.1. The van der Waals surface area contributed by atoms with E-state index in [1.165, 1.54) is 18.7 Å². The fourth-order valence-corrected chi connectivity index (χ4v) is 7.06. The van der Waals surface area contributed by atoms with E-state index in [-0.39, 0.29) is 28.5 Å². The van der Waals surface area contributed by atoms with Crippen molar-refractivity contribution in [3.8, 4) is 0 Å². The Hall–Kier alpha value is -1.89. The molecule has 2 bridgehead atoms. The van der Waals surface area contributed by atoms with E-state index in [1.807, 2.05) is 6.92 Å². The van der Waals surface area contributed by atoms with Crippen molar-refractivity contribution in [1.29, 1.82) is 0 Å². The Kier molecular flexibility index (Phi) is 5.27. The summed E-state index contributed by atoms with van der Waals surface area (Å²) >= 11 is 0. The molecule has 2 saturated carbocycles. The quantitative estimate of drug-likeness (QED) is 0.709. The van der Waals surface area contributed by atoms with Crippen LogP contribution in [0.2, 0.25) is 0 Å². The van der Waals surface area contributed by atoms with Crippen molar-refractivity contribution in [3.05, 3.63) is 35.3 Å². The molecule has 5 nitrogen and oxygen atoms in total. The molecule has 2 aromatic rings. The third kappa shape index (κ3) is 3.69. The molecule has 0 aliphatic heterocycles. The van der Waals surface area contributed by atoms with E-state index in [4.69, 9.17) is 0 Å². The zero-order valence-corrected chi connectivity index (χ0v) is 19.9. The topological polar surface area (TPSA) is 68.2 Å². The number of amides is 1. The van der Waals surface area contributed by atoms with Gasteiger partial charge < -0.3 is 9.88 Å². The van der Waals surface area contributed by atoms with Gasteiger partial charge in [-0.05, 0) is 55.4 Å². The minimum atomic E-state index is -3.11. The van der Waals surface area contributed by atoms with Crippen LogP contribution in [0.4, 0.5) is 4.39 Å². The van der Waals surface area contributed by atoms with Crippen molar-refractivity contribution in [2.75, 3.05) is 12.0 Å². The van der Waals surface area contributed by atoms with Crippen LogP contribution in [0.5, 0.6) is 0 Å². The van der Waals surface area contributed by atoms with E-state index in [9.17, 15) is 17.6 Å². The van der Waals surface area contributed by atoms with E-state index in [0.717, 1.165) is 12.8 Å². The highest BCUT2D eigenvalue weighted by molar-refractivity contribution is 7.90. The average molecular weight is 449 g/mol. The number of rotatable bonds is 6. The molecule has 170 valence electrons. The number of carbonyl (C=O) groups excluding carboxylic acids is 1. The van der Waals surface area contributed by atoms with Crippen LogP contribution < -0.4 is 5.32 Å². The molecule has 1 aromatic carbocycles. The summed E-state index contributed by atoms with van der Waals surface area (Å²) < 4.78 is 39.7. The number of aromatic nitrogens is 1. The number of benzene rings is 1. The van der Waals surface area contributed by atoms with Crippen molar-refractivity contribution in [2.45, 2.75) is 66.0 Å². The van der Waals surface area contributed by atoms with Crippen LogP contribution in [0.15, 0.2) is 18.2 Å². The first-order valence-corrected chi connectivity index (χ1v) is 13.2. The molecule has 1 amide bonds. The van der Waals surface area contributed by atoms with Crippen molar-refractivity contribution >= 4 is 26.6 Å². The second-order valence-corrected chi connectivity index (χ2v) is 12.8. The van der Waals surface area contributed by atoms with Gasteiger partial charge in [0.1, 0.15) is 15.7 Å². The Morgan fingerprint density at radius 3 is 2.61 bits per heavy atom. The first-order chi connectivity index (χ1) is 14.3. The molecular formula is C24H33FN2O3S. The molecular weight excluding hydrogens is 415 g/mol. The number of carbonyl (C=O) groups is 1. The van der Waals surface area contributed by atoms with Gasteiger partial charge in [0, 0.05) is 29.9 Å². The summed E-state index contributed by atoms with van der Waals surface area (Å²) in [5.74, 6) is 0.0738. The standard InChI is InChI=1S/C24H33FN2O3S/c1-15-19(21(28)26-22-23(2,3)16-10-11-24(22,4)14-16)17-8-6-9-18(25)20(17)27(15)12-7-13-31(5,29)30/h6,8-9,16,22H,7,10-14H2,1-5H3,(H,26,28). The zero-order valence-electron chi connectivity index (χ0n) is 19.1. The SMILES string of the molecule is Cc1c(C(=O)NC2C3(C)CCC(C3)C2(C)C)c2cccc(F)c2n1CCCS(C)(=O)=O. The monoisotopic (exact) mass is 448 g/mol. The van der Waals surface area contributed by atoms with Gasteiger partial charge >= 0.3 is 0 Å². The van der Waals surface area contributed by atoms with E-state index in [0.29, 0.717) is 41.0 Å². The van der Waals surface area contributed by atoms with Crippen LogP contribution in [-0.2, 0) is 16.4 Å². The number of sulfone groups is 1. The Morgan fingerprint density at radius 2 is 2.00 bits per heavy atom. The second-order valence-electron chi connectivity index (χ2n) is 10.6. The third-order valence-corrected chi connectivity index (χ3v) is 8.99. The number of hydrogen-bond donors (Lipinski definition) is 1. The maximum Gasteiger partial charge on any atom is 0.253 e. The highest BCUT2D eigenvalue weighted by Gasteiger charge is 2.59. The Labute approximate surface area is 184 Å². The molecule has 1 aromatic heterocycles. The molecule has 2 aliphatic carbocycles. The van der Waals surface area contributed by atoms with Gasteiger partial charge in [0.2, 0.25) is 0 Å². The van der Waals surface area contributed by atoms with Gasteiger partial charge in [-0.25, -0.2) is 12.8 Å². The Bertz CT molecular complexity index is 1150. The molecule has 31 heavy (non-hydrogen) atoms. The maximum atomic E-state index is 14.8. The summed E-state index contributed by atoms with van der Waals surface area (Å²) in [4.78, 5) is 13.6. The van der Waals surface area contributed by atoms with E-state index in [2.05, 4.69) is 26.1 Å². The molecule has 3 unspecified atom stereocenters. The van der Waals surface area contributed by atoms with Gasteiger partial charge in [-0.15, -0.1) is 0 Å². The normalized spacial score (nSPS) is 27.2. The summed E-state index contributed by atoms with van der Waals surface area (Å²) in [6.45, 7) is 8.93. The van der Waals surface area contributed by atoms with Crippen molar-refractivity contribution < 1.29 is 17.6 Å². The van der Waals surface area contributed by atoms with E-state index < -0.39 is 15.7 Å². The molecule has 7 heteroatoms. The van der Waals surface area contributed by atoms with Crippen LogP contribution in [0.3, 0.4) is 0 Å². The molecule has 4 rings (SSSR count). The number of fused-ring (bicyclic) bond motifs is 3. The van der Waals surface area contributed by atoms with E-state index >= 15 is 0 Å². The fourth-order valence-electron chi connectivity index (χ4n) is 6.41. The average Bonchev–Trinajstić information content (AvgIpc) is 3.23. The predicted octanol–water partition coefficient (Wildman–Crippen LogP) is 4.47. The third-order valence-electron chi connectivity index (χ3n) is 7.96. The van der Waals surface area contributed by atoms with Crippen molar-refractivity contribution in [1.82, 2.24) is 9.88 Å². The maximum absolute atomic E-state index is 14.8. The predicted molar refractivity (Wildman–Crippen MR) is 121 cm³/mol. The second kappa shape index (κ2) is 7.32. The Balaban J connectivity index is 1.70. The zero-order chi connectivity index (χ0) is 22.8. The lowest BCUT2D eigenvalue weighted by molar-refractivity contribution is 0.0738. The lowest BCUT2D eigenvalue weighted by atomic mass is 9.68. The Morgan fingerprint density at radius 1 is 1.29 bits per heavy atom. The number of hydrogen-bond acceptors (Lipinski definition) is 3. The number of halogens is 1. The van der Waals surface area contributed by atoms with Gasteiger partial charge in [-0.3, -0.25) is 4.79 Å². The van der Waals surface area contributed by atoms with Gasteiger partial charge in [0.15, 0.2) is 0 Å². The molecule has 3 atom stereocenters. The number of para-hydroxylation sites is 1. The molecule has 1 N–H and O–H groups in total. The van der Waals surface area contributed by atoms with Gasteiger partial charge in [0.05, 0.1) is 16.8 Å². The first kappa shape index (κ1) is 22.3. The van der Waals surface area contributed by atoms with Crippen LogP contribution in [0.1, 0.15) is 62.5 Å². The summed E-state index contributed by atoms with van der Waals surface area (Å²) in [5, 5.41) is 3.92. The highest BCUT2D eigenvalue weighted by Crippen LogP contribution is 2.62. The lowest BCUT2D eigenvalue weighted by Gasteiger charge is -2.43. The largest absolute Gasteiger partial charge is 0.348 e. The summed E-state index contributed by atoms with van der Waals surface area (Å²) in [5.41, 5.74) is 1.66. The number of aryl methyl sites for hydroxylation is 1. The molecule has 0 radical (unpaired) electrons. The fraction of sp³-hybridized carbons (Fsp3) is 0.625. The molecule has 0 saturated heterocycles. The summed E-state index contributed by atoms with van der Waals surface area (Å²) in [6, 6.07) is 4.86. The number of nitrogens with zero attached hydrogens (tertiary/aromatic N) is 1. The smallest absolute Gasteiger partial charge is 0.253 e. The lowest BCUT2D eigenvalue weighted by Crippen LogP contribution is -2.52. The number of nitrogens with one attached hydrogen (secondary N) is 1. The van der Waals surface area contributed by atoms with Crippen LogP contribution in [0, 0.1) is 29.5 Å². The van der Waals surface area contributed by atoms with Crippen molar-refractivity contribution in [3.63, 3.8) is 0 Å². The molecule has 0 spiro atoms. The van der Waals surface area contributed by atoms with Gasteiger partial charge in [0.25, 0.3) is 5.91 Å². The molecule has 1 heterocycles. The van der Waals surface area contributed by atoms with Gasteiger partial charge in [-0.2, -0.15) is 0 Å². The van der Waals surface area contributed by atoms with E-state index in [1.54, 1.807) is 16.7 Å². The minimum Gasteiger partial charge on any atom is -0.348 e. The van der Waals surface area contributed by atoms with Crippen LogP contribution in [0.25, 0.3) is 10.9 Å². The highest BCUT2D eigenvalue weighted by atomic mass is 32.2. The van der Waals surface area contributed by atoms with Crippen LogP contribution >= 0.6 is 0 Å². The van der Waals surface area contributed by atoms with Crippen LogP contribution in [-0.4, -0.2) is 36.9 Å². The molecule has 2 fully saturated rings. The van der Waals surface area contributed by atoms with Gasteiger partial charge in [-0.1, -0.05) is 32.9 Å². The summed E-state index contributed by atoms with van der Waals surface area (Å²) in [7, 11) is -3.11. The minimum absolute atomic E-state index is 0.0235. The van der Waals surface area contributed by atoms with Crippen molar-refractivity contribution in [2.24, 2.45) is 16.7 Å². The summed E-state index contributed by atoms with van der Waals surface area (Å²) in [6.07, 6.45) is 5.03.